The molecule has 2 unspecified atom stereocenters. The summed E-state index contributed by atoms with van der Waals surface area (Å²) in [6.07, 6.45) is 48.1. The van der Waals surface area contributed by atoms with Crippen molar-refractivity contribution in [1.82, 2.24) is 0 Å². The molecule has 4 aromatic carbocycles. The number of rotatable bonds is 3. The number of hydrogen-bond donors (Lipinski definition) is 0. The van der Waals surface area contributed by atoms with Crippen LogP contribution in [0.2, 0.25) is 0 Å². The molecule has 0 amide bonds. The summed E-state index contributed by atoms with van der Waals surface area (Å²) >= 11 is 0. The first-order valence-electron chi connectivity index (χ1n) is 28.0. The first-order chi connectivity index (χ1) is 32.1. The van der Waals surface area contributed by atoms with Gasteiger partial charge in [-0.15, -0.1) is 0 Å². The summed E-state index contributed by atoms with van der Waals surface area (Å²) in [6.45, 7) is 8.56. The molecule has 2 atom stereocenters. The fourth-order valence-electron chi connectivity index (χ4n) is 10.4. The molecular weight excluding hydrogens is 882 g/mol. The third-order valence-electron chi connectivity index (χ3n) is 15.2. The van der Waals surface area contributed by atoms with Crippen LogP contribution in [0.25, 0.3) is 11.1 Å². The normalized spacial score (nSPS) is 24.0. The second-order valence-electron chi connectivity index (χ2n) is 20.7. The summed E-state index contributed by atoms with van der Waals surface area (Å²) in [6, 6.07) is 41.8. The molecule has 1 heteroatoms. The maximum Gasteiger partial charge on any atom is 0 e. The molecule has 67 heavy (non-hydrogen) atoms. The number of benzene rings is 4. The summed E-state index contributed by atoms with van der Waals surface area (Å²) in [7, 11) is 0. The van der Waals surface area contributed by atoms with Crippen LogP contribution in [-0.2, 0) is 39.1 Å². The largest absolute Gasteiger partial charge is 0.358 e. The van der Waals surface area contributed by atoms with Crippen LogP contribution in [0, 0.1) is 42.9 Å². The molecule has 9 aliphatic rings. The fourth-order valence-corrected chi connectivity index (χ4v) is 10.4. The zero-order valence-corrected chi connectivity index (χ0v) is 47.1. The minimum absolute atomic E-state index is 0. The first-order valence-corrected chi connectivity index (χ1v) is 28.0. The average molecular weight is 983 g/mol. The molecule has 9 aliphatic carbocycles. The van der Waals surface area contributed by atoms with E-state index in [1.165, 1.54) is 143 Å². The van der Waals surface area contributed by atoms with E-state index in [2.05, 4.69) is 135 Å². The SMILES string of the molecule is C1CC2CCC1C2.C1CC2CCC1CC2.C1CCC1.C1CCCC1.C1CCCCC1.CC.CC1C=CC(C)CC1.[CH3-].[Y].c1ccc(-c2ccccc2)cc1.c1ccc(Cc2ccccc2)cc1. The van der Waals surface area contributed by atoms with E-state index in [1.54, 1.807) is 70.6 Å². The zero-order chi connectivity index (χ0) is 45.8. The molecule has 8 fully saturated rings. The van der Waals surface area contributed by atoms with Crippen molar-refractivity contribution in [1.29, 1.82) is 0 Å². The Morgan fingerprint density at radius 3 is 0.731 bits per heavy atom. The van der Waals surface area contributed by atoms with Crippen molar-refractivity contribution in [3.8, 4) is 11.1 Å². The smallest absolute Gasteiger partial charge is 0 e. The molecule has 0 aliphatic heterocycles. The van der Waals surface area contributed by atoms with E-state index in [0.29, 0.717) is 0 Å². The molecule has 0 aromatic heterocycles. The molecule has 1 radical (unpaired) electrons. The van der Waals surface area contributed by atoms with Gasteiger partial charge in [0.05, 0.1) is 0 Å². The van der Waals surface area contributed by atoms with E-state index in [-0.39, 0.29) is 40.1 Å². The summed E-state index contributed by atoms with van der Waals surface area (Å²) in [5.41, 5.74) is 5.29. The fraction of sp³-hybridized carbons (Fsp3) is 0.591. The first kappa shape index (κ1) is 60.8. The van der Waals surface area contributed by atoms with Gasteiger partial charge in [0.1, 0.15) is 0 Å². The quantitative estimate of drug-likeness (QED) is 0.142. The molecule has 0 nitrogen and oxygen atoms in total. The maximum absolute atomic E-state index is 2.33. The predicted molar refractivity (Wildman–Crippen MR) is 296 cm³/mol. The van der Waals surface area contributed by atoms with Crippen molar-refractivity contribution in [2.45, 2.75) is 214 Å². The second-order valence-corrected chi connectivity index (χ2v) is 20.7. The van der Waals surface area contributed by atoms with Crippen LogP contribution in [0.3, 0.4) is 0 Å². The van der Waals surface area contributed by atoms with E-state index < -0.39 is 0 Å². The molecule has 0 saturated heterocycles. The molecule has 4 aromatic rings. The van der Waals surface area contributed by atoms with E-state index in [4.69, 9.17) is 0 Å². The van der Waals surface area contributed by atoms with Crippen LogP contribution < -0.4 is 0 Å². The predicted octanol–water partition coefficient (Wildman–Crippen LogP) is 21.3. The summed E-state index contributed by atoms with van der Waals surface area (Å²) in [5.74, 6) is 6.33. The van der Waals surface area contributed by atoms with Gasteiger partial charge in [-0.1, -0.05) is 322 Å². The van der Waals surface area contributed by atoms with E-state index >= 15 is 0 Å². The summed E-state index contributed by atoms with van der Waals surface area (Å²) in [4.78, 5) is 0. The average Bonchev–Trinajstić information content (AvgIpc) is 4.21. The Morgan fingerprint density at radius 2 is 0.537 bits per heavy atom. The van der Waals surface area contributed by atoms with Gasteiger partial charge in [0, 0.05) is 32.7 Å². The van der Waals surface area contributed by atoms with Crippen molar-refractivity contribution < 1.29 is 32.7 Å². The van der Waals surface area contributed by atoms with Gasteiger partial charge in [0.2, 0.25) is 0 Å². The Labute approximate surface area is 442 Å². The van der Waals surface area contributed by atoms with E-state index in [1.807, 2.05) is 26.0 Å². The van der Waals surface area contributed by atoms with Crippen LogP contribution in [0.5, 0.6) is 0 Å². The molecule has 369 valence electrons. The Kier molecular flexibility index (Phi) is 36.7. The Balaban J connectivity index is 0.000000266. The summed E-state index contributed by atoms with van der Waals surface area (Å²) in [5, 5.41) is 0. The minimum Gasteiger partial charge on any atom is -0.358 e. The zero-order valence-electron chi connectivity index (χ0n) is 44.2. The van der Waals surface area contributed by atoms with Gasteiger partial charge in [-0.05, 0) is 83.4 Å². The minimum atomic E-state index is 0. The van der Waals surface area contributed by atoms with Gasteiger partial charge >= 0.3 is 0 Å². The maximum atomic E-state index is 2.33. The molecule has 4 bridgehead atoms. The van der Waals surface area contributed by atoms with E-state index in [0.717, 1.165) is 30.1 Å². The van der Waals surface area contributed by atoms with Crippen LogP contribution in [0.1, 0.15) is 219 Å². The van der Waals surface area contributed by atoms with Crippen molar-refractivity contribution in [3.63, 3.8) is 0 Å². The summed E-state index contributed by atoms with van der Waals surface area (Å²) < 4.78 is 0. The van der Waals surface area contributed by atoms with E-state index in [9.17, 15) is 0 Å². The van der Waals surface area contributed by atoms with Gasteiger partial charge < -0.3 is 7.43 Å². The number of fused-ring (bicyclic) bond motifs is 5. The van der Waals surface area contributed by atoms with Crippen LogP contribution >= 0.6 is 0 Å². The third kappa shape index (κ3) is 28.9. The second kappa shape index (κ2) is 40.5. The van der Waals surface area contributed by atoms with Crippen molar-refractivity contribution >= 4 is 0 Å². The molecule has 13 rings (SSSR count). The number of hydrogen-bond acceptors (Lipinski definition) is 0. The molecule has 8 saturated carbocycles. The van der Waals surface area contributed by atoms with Crippen molar-refractivity contribution in [3.05, 3.63) is 152 Å². The standard InChI is InChI=1S/C13H12.C12H10.2C8H14.C7H12.C6H12.C5H10.C4H8.C2H6.CH3.Y/c1-3-7-12(8-4-1)11-13-9-5-2-6-10-13;1-3-7-11(8-4-1)12-9-5-2-6-10-12;1-2-8-5-3-7(1)4-6-8;1-7-3-5-8(2)6-4-7;1-2-7-4-3-6(1)5-7;1-2-4-6-5-3-1;1-2-4-5-3-1;1-2-4-3-1;1-2;;/h1-10H,11H2;1-10H;7-8H,1-6H2;3,5,7-8H,4,6H2,1-2H3;6-7H,1-5H2;1-6H2;1-5H2;1-4H2;1-2H3;1H3;/q;;;;;;;;;-1;. The van der Waals surface area contributed by atoms with Gasteiger partial charge in [0.25, 0.3) is 0 Å². The Bertz CT molecular complexity index is 1490. The molecule has 0 N–H and O–H groups in total. The molecule has 0 heterocycles. The number of allylic oxidation sites excluding steroid dienone is 2. The van der Waals surface area contributed by atoms with Crippen LogP contribution in [0.4, 0.5) is 0 Å². The van der Waals surface area contributed by atoms with Crippen molar-refractivity contribution in [2.75, 3.05) is 0 Å². The van der Waals surface area contributed by atoms with Crippen molar-refractivity contribution in [2.24, 2.45) is 35.5 Å². The van der Waals surface area contributed by atoms with Gasteiger partial charge in [-0.25, -0.2) is 0 Å². The monoisotopic (exact) mass is 983 g/mol. The van der Waals surface area contributed by atoms with Gasteiger partial charge in [-0.3, -0.25) is 0 Å². The van der Waals surface area contributed by atoms with Crippen LogP contribution in [0.15, 0.2) is 133 Å². The Morgan fingerprint density at radius 1 is 0.313 bits per heavy atom. The van der Waals surface area contributed by atoms with Gasteiger partial charge in [0.15, 0.2) is 0 Å². The third-order valence-corrected chi connectivity index (χ3v) is 15.2. The van der Waals surface area contributed by atoms with Crippen LogP contribution in [-0.4, -0.2) is 0 Å². The molecular formula is C66H101Y-. The molecule has 0 spiro atoms. The topological polar surface area (TPSA) is 0 Å². The van der Waals surface area contributed by atoms with Gasteiger partial charge in [-0.2, -0.15) is 0 Å². The Hall–Kier alpha value is -2.28.